The second kappa shape index (κ2) is 4.21. The number of nitrogens with two attached hydrogens (primary N) is 2. The van der Waals surface area contributed by atoms with Crippen LogP contribution in [0.1, 0.15) is 23.6 Å². The minimum absolute atomic E-state index is 0.430. The highest BCUT2D eigenvalue weighted by molar-refractivity contribution is 5.46. The van der Waals surface area contributed by atoms with E-state index < -0.39 is 5.54 Å². The van der Waals surface area contributed by atoms with Gasteiger partial charge in [0.25, 0.3) is 0 Å². The maximum absolute atomic E-state index is 6.13. The summed E-state index contributed by atoms with van der Waals surface area (Å²) >= 11 is 0. The molecule has 0 radical (unpaired) electrons. The number of methoxy groups -OCH3 is 1. The van der Waals surface area contributed by atoms with E-state index in [-0.39, 0.29) is 0 Å². The first kappa shape index (κ1) is 12.0. The molecule has 1 aromatic carbocycles. The summed E-state index contributed by atoms with van der Waals surface area (Å²) in [5.74, 6) is 0.893. The number of rotatable bonds is 3. The Morgan fingerprint density at radius 1 is 1.27 bits per heavy atom. The van der Waals surface area contributed by atoms with E-state index in [1.807, 2.05) is 32.9 Å². The zero-order valence-corrected chi connectivity index (χ0v) is 9.92. The Balaban J connectivity index is 3.29. The molecule has 0 bridgehead atoms. The Kier molecular flexibility index (Phi) is 3.37. The first-order valence-corrected chi connectivity index (χ1v) is 5.07. The van der Waals surface area contributed by atoms with Gasteiger partial charge in [-0.25, -0.2) is 0 Å². The van der Waals surface area contributed by atoms with Gasteiger partial charge in [-0.3, -0.25) is 0 Å². The second-order valence-corrected chi connectivity index (χ2v) is 4.19. The smallest absolute Gasteiger partial charge is 0.122 e. The largest absolute Gasteiger partial charge is 0.496 e. The molecule has 1 atom stereocenters. The molecule has 0 aliphatic rings. The summed E-state index contributed by atoms with van der Waals surface area (Å²) in [4.78, 5) is 0. The van der Waals surface area contributed by atoms with E-state index in [4.69, 9.17) is 16.2 Å². The van der Waals surface area contributed by atoms with E-state index in [1.165, 1.54) is 0 Å². The molecule has 0 saturated heterocycles. The van der Waals surface area contributed by atoms with Gasteiger partial charge >= 0.3 is 0 Å². The molecule has 0 spiro atoms. The van der Waals surface area contributed by atoms with Gasteiger partial charge in [0.2, 0.25) is 0 Å². The lowest BCUT2D eigenvalue weighted by Crippen LogP contribution is -2.41. The molecular formula is C12H20N2O. The summed E-state index contributed by atoms with van der Waals surface area (Å²) in [5.41, 5.74) is 14.7. The minimum atomic E-state index is -0.471. The summed E-state index contributed by atoms with van der Waals surface area (Å²) in [6.45, 7) is 6.46. The van der Waals surface area contributed by atoms with Crippen LogP contribution < -0.4 is 16.2 Å². The van der Waals surface area contributed by atoms with Crippen molar-refractivity contribution >= 4 is 0 Å². The monoisotopic (exact) mass is 208 g/mol. The molecule has 0 heterocycles. The third-order valence-corrected chi connectivity index (χ3v) is 3.00. The van der Waals surface area contributed by atoms with Crippen molar-refractivity contribution in [1.82, 2.24) is 0 Å². The van der Waals surface area contributed by atoms with Gasteiger partial charge in [-0.15, -0.1) is 0 Å². The maximum Gasteiger partial charge on any atom is 0.122 e. The van der Waals surface area contributed by atoms with Gasteiger partial charge in [0, 0.05) is 6.54 Å². The third kappa shape index (κ3) is 2.13. The molecule has 4 N–H and O–H groups in total. The summed E-state index contributed by atoms with van der Waals surface area (Å²) in [6.07, 6.45) is 0. The van der Waals surface area contributed by atoms with Crippen LogP contribution in [0.3, 0.4) is 0 Å². The van der Waals surface area contributed by atoms with Crippen LogP contribution in [-0.4, -0.2) is 13.7 Å². The van der Waals surface area contributed by atoms with Crippen molar-refractivity contribution in [1.29, 1.82) is 0 Å². The topological polar surface area (TPSA) is 61.3 Å². The van der Waals surface area contributed by atoms with Gasteiger partial charge < -0.3 is 16.2 Å². The van der Waals surface area contributed by atoms with E-state index in [9.17, 15) is 0 Å². The SMILES string of the molecule is COc1ccc(C(C)(N)CN)c(C)c1C. The highest BCUT2D eigenvalue weighted by atomic mass is 16.5. The summed E-state index contributed by atoms with van der Waals surface area (Å²) in [5, 5.41) is 0. The Labute approximate surface area is 91.4 Å². The Morgan fingerprint density at radius 3 is 2.33 bits per heavy atom. The van der Waals surface area contributed by atoms with Crippen LogP contribution in [0, 0.1) is 13.8 Å². The van der Waals surface area contributed by atoms with Crippen LogP contribution in [0.25, 0.3) is 0 Å². The molecule has 15 heavy (non-hydrogen) atoms. The zero-order chi connectivity index (χ0) is 11.6. The Bertz CT molecular complexity index is 359. The molecule has 1 aromatic rings. The minimum Gasteiger partial charge on any atom is -0.496 e. The van der Waals surface area contributed by atoms with Crippen molar-refractivity contribution in [2.75, 3.05) is 13.7 Å². The van der Waals surface area contributed by atoms with E-state index >= 15 is 0 Å². The first-order chi connectivity index (χ1) is 6.94. The van der Waals surface area contributed by atoms with Gasteiger partial charge in [-0.2, -0.15) is 0 Å². The van der Waals surface area contributed by atoms with Gasteiger partial charge in [0.05, 0.1) is 12.6 Å². The number of hydrogen-bond acceptors (Lipinski definition) is 3. The first-order valence-electron chi connectivity index (χ1n) is 5.07. The maximum atomic E-state index is 6.13. The zero-order valence-electron chi connectivity index (χ0n) is 9.92. The fourth-order valence-electron chi connectivity index (χ4n) is 1.75. The van der Waals surface area contributed by atoms with Crippen LogP contribution in [0.4, 0.5) is 0 Å². The Hall–Kier alpha value is -1.06. The molecule has 84 valence electrons. The molecule has 0 aliphatic heterocycles. The molecular weight excluding hydrogens is 188 g/mol. The lowest BCUT2D eigenvalue weighted by atomic mass is 9.87. The number of benzene rings is 1. The summed E-state index contributed by atoms with van der Waals surface area (Å²) in [7, 11) is 1.67. The van der Waals surface area contributed by atoms with E-state index in [0.717, 1.165) is 22.4 Å². The van der Waals surface area contributed by atoms with Gasteiger partial charge in [0.15, 0.2) is 0 Å². The van der Waals surface area contributed by atoms with Crippen LogP contribution in [-0.2, 0) is 5.54 Å². The predicted molar refractivity (Wildman–Crippen MR) is 63.1 cm³/mol. The third-order valence-electron chi connectivity index (χ3n) is 3.00. The summed E-state index contributed by atoms with van der Waals surface area (Å²) in [6, 6.07) is 3.94. The second-order valence-electron chi connectivity index (χ2n) is 4.19. The fraction of sp³-hybridized carbons (Fsp3) is 0.500. The molecule has 0 aliphatic carbocycles. The molecule has 0 saturated carbocycles. The fourth-order valence-corrected chi connectivity index (χ4v) is 1.75. The highest BCUT2D eigenvalue weighted by Gasteiger charge is 2.22. The van der Waals surface area contributed by atoms with Crippen LogP contribution in [0.2, 0.25) is 0 Å². The lowest BCUT2D eigenvalue weighted by molar-refractivity contribution is 0.410. The normalized spacial score (nSPS) is 14.8. The van der Waals surface area contributed by atoms with Gasteiger partial charge in [-0.05, 0) is 43.5 Å². The van der Waals surface area contributed by atoms with Crippen molar-refractivity contribution in [2.24, 2.45) is 11.5 Å². The molecule has 1 rings (SSSR count). The molecule has 1 unspecified atom stereocenters. The van der Waals surface area contributed by atoms with Crippen LogP contribution >= 0.6 is 0 Å². The standard InChI is InChI=1S/C12H20N2O/c1-8-9(2)11(15-4)6-5-10(8)12(3,14)7-13/h5-6H,7,13-14H2,1-4H3. The van der Waals surface area contributed by atoms with Crippen molar-refractivity contribution in [3.63, 3.8) is 0 Å². The average Bonchev–Trinajstić information content (AvgIpc) is 2.21. The lowest BCUT2D eigenvalue weighted by Gasteiger charge is -2.26. The molecule has 0 aromatic heterocycles. The number of hydrogen-bond donors (Lipinski definition) is 2. The highest BCUT2D eigenvalue weighted by Crippen LogP contribution is 2.29. The van der Waals surface area contributed by atoms with Crippen molar-refractivity contribution in [2.45, 2.75) is 26.3 Å². The van der Waals surface area contributed by atoms with Crippen molar-refractivity contribution in [3.8, 4) is 5.75 Å². The van der Waals surface area contributed by atoms with Crippen LogP contribution in [0.5, 0.6) is 5.75 Å². The van der Waals surface area contributed by atoms with Crippen molar-refractivity contribution < 1.29 is 4.74 Å². The van der Waals surface area contributed by atoms with E-state index in [2.05, 4.69) is 0 Å². The van der Waals surface area contributed by atoms with Crippen LogP contribution in [0.15, 0.2) is 12.1 Å². The average molecular weight is 208 g/mol. The van der Waals surface area contributed by atoms with Gasteiger partial charge in [-0.1, -0.05) is 6.07 Å². The van der Waals surface area contributed by atoms with Crippen molar-refractivity contribution in [3.05, 3.63) is 28.8 Å². The predicted octanol–water partition coefficient (Wildman–Crippen LogP) is 1.44. The number of ether oxygens (including phenoxy) is 1. The molecule has 0 fully saturated rings. The quantitative estimate of drug-likeness (QED) is 0.790. The Morgan fingerprint density at radius 2 is 1.87 bits per heavy atom. The molecule has 3 heteroatoms. The van der Waals surface area contributed by atoms with E-state index in [0.29, 0.717) is 6.54 Å². The van der Waals surface area contributed by atoms with Gasteiger partial charge in [0.1, 0.15) is 5.75 Å². The molecule has 0 amide bonds. The molecule has 3 nitrogen and oxygen atoms in total. The van der Waals surface area contributed by atoms with E-state index in [1.54, 1.807) is 7.11 Å². The summed E-state index contributed by atoms with van der Waals surface area (Å²) < 4.78 is 5.26.